The zero-order valence-corrected chi connectivity index (χ0v) is 13.1. The van der Waals surface area contributed by atoms with Gasteiger partial charge in [-0.25, -0.2) is 13.4 Å². The van der Waals surface area contributed by atoms with Crippen molar-refractivity contribution < 1.29 is 18.1 Å². The average molecular weight is 337 g/mol. The van der Waals surface area contributed by atoms with E-state index in [-0.39, 0.29) is 23.0 Å². The monoisotopic (exact) mass is 337 g/mol. The van der Waals surface area contributed by atoms with E-state index in [1.54, 1.807) is 12.1 Å². The summed E-state index contributed by atoms with van der Waals surface area (Å²) in [6.07, 6.45) is 2.59. The SMILES string of the molecule is CS(=O)(=O)c1ccc(OCCNc2ncccc2[N+](=O)[O-])cc1. The van der Waals surface area contributed by atoms with Gasteiger partial charge in [0.2, 0.25) is 5.82 Å². The van der Waals surface area contributed by atoms with Crippen LogP contribution in [-0.4, -0.2) is 37.7 Å². The minimum Gasteiger partial charge on any atom is -0.492 e. The minimum absolute atomic E-state index is 0.106. The molecule has 1 aromatic heterocycles. The number of ether oxygens (including phenoxy) is 1. The molecule has 2 rings (SSSR count). The molecule has 0 atom stereocenters. The van der Waals surface area contributed by atoms with Gasteiger partial charge in [0.1, 0.15) is 12.4 Å². The van der Waals surface area contributed by atoms with Crippen molar-refractivity contribution in [2.24, 2.45) is 0 Å². The Morgan fingerprint density at radius 1 is 1.26 bits per heavy atom. The Hall–Kier alpha value is -2.68. The summed E-state index contributed by atoms with van der Waals surface area (Å²) in [6, 6.07) is 8.88. The minimum atomic E-state index is -3.23. The molecule has 0 aliphatic carbocycles. The van der Waals surface area contributed by atoms with Gasteiger partial charge in [-0.15, -0.1) is 0 Å². The van der Waals surface area contributed by atoms with Crippen molar-refractivity contribution in [2.45, 2.75) is 4.90 Å². The normalized spacial score (nSPS) is 11.0. The summed E-state index contributed by atoms with van der Waals surface area (Å²) >= 11 is 0. The molecule has 1 N–H and O–H groups in total. The van der Waals surface area contributed by atoms with Gasteiger partial charge < -0.3 is 10.1 Å². The molecule has 2 aromatic rings. The fourth-order valence-corrected chi connectivity index (χ4v) is 2.43. The molecule has 122 valence electrons. The molecular weight excluding hydrogens is 322 g/mol. The van der Waals surface area contributed by atoms with Gasteiger partial charge in [0.15, 0.2) is 9.84 Å². The van der Waals surface area contributed by atoms with E-state index in [9.17, 15) is 18.5 Å². The number of hydrogen-bond donors (Lipinski definition) is 1. The molecule has 0 spiro atoms. The summed E-state index contributed by atoms with van der Waals surface area (Å²) in [5.74, 6) is 0.684. The molecule has 1 aromatic carbocycles. The largest absolute Gasteiger partial charge is 0.492 e. The lowest BCUT2D eigenvalue weighted by atomic mass is 10.3. The van der Waals surface area contributed by atoms with Crippen molar-refractivity contribution in [1.82, 2.24) is 4.98 Å². The number of nitro groups is 1. The summed E-state index contributed by atoms with van der Waals surface area (Å²) in [7, 11) is -3.23. The molecular formula is C14H15N3O5S. The van der Waals surface area contributed by atoms with Gasteiger partial charge in [0.05, 0.1) is 16.4 Å². The first-order valence-corrected chi connectivity index (χ1v) is 8.53. The molecule has 0 bridgehead atoms. The maximum atomic E-state index is 11.3. The van der Waals surface area contributed by atoms with Crippen LogP contribution in [0.2, 0.25) is 0 Å². The number of nitrogens with zero attached hydrogens (tertiary/aromatic N) is 2. The predicted molar refractivity (Wildman–Crippen MR) is 84.4 cm³/mol. The van der Waals surface area contributed by atoms with E-state index >= 15 is 0 Å². The number of sulfone groups is 1. The summed E-state index contributed by atoms with van der Waals surface area (Å²) in [6.45, 7) is 0.553. The highest BCUT2D eigenvalue weighted by molar-refractivity contribution is 7.90. The second-order valence-corrected chi connectivity index (χ2v) is 6.66. The number of nitrogens with one attached hydrogen (secondary N) is 1. The van der Waals surface area contributed by atoms with Crippen LogP contribution in [0.15, 0.2) is 47.5 Å². The molecule has 0 fully saturated rings. The zero-order chi connectivity index (χ0) is 16.9. The third-order valence-corrected chi connectivity index (χ3v) is 4.03. The van der Waals surface area contributed by atoms with Crippen molar-refractivity contribution in [3.63, 3.8) is 0 Å². The Morgan fingerprint density at radius 2 is 1.96 bits per heavy atom. The van der Waals surface area contributed by atoms with Crippen molar-refractivity contribution in [3.8, 4) is 5.75 Å². The first kappa shape index (κ1) is 16.7. The van der Waals surface area contributed by atoms with Gasteiger partial charge >= 0.3 is 5.69 Å². The number of rotatable bonds is 7. The van der Waals surface area contributed by atoms with E-state index in [1.165, 1.54) is 30.5 Å². The molecule has 9 heteroatoms. The standard InChI is InChI=1S/C14H15N3O5S/c1-23(20,21)12-6-4-11(5-7-12)22-10-9-16-14-13(17(18)19)3-2-8-15-14/h2-8H,9-10H2,1H3,(H,15,16). The van der Waals surface area contributed by atoms with E-state index in [0.29, 0.717) is 12.3 Å². The van der Waals surface area contributed by atoms with E-state index < -0.39 is 14.8 Å². The molecule has 0 saturated carbocycles. The van der Waals surface area contributed by atoms with Gasteiger partial charge in [0, 0.05) is 18.5 Å². The number of pyridine rings is 1. The van der Waals surface area contributed by atoms with Crippen molar-refractivity contribution in [3.05, 3.63) is 52.7 Å². The Labute approximate surface area is 133 Å². The quantitative estimate of drug-likeness (QED) is 0.466. The van der Waals surface area contributed by atoms with Crippen LogP contribution >= 0.6 is 0 Å². The van der Waals surface area contributed by atoms with Crippen molar-refractivity contribution >= 4 is 21.3 Å². The van der Waals surface area contributed by atoms with Gasteiger partial charge in [-0.2, -0.15) is 0 Å². The zero-order valence-electron chi connectivity index (χ0n) is 12.3. The fraction of sp³-hybridized carbons (Fsp3) is 0.214. The van der Waals surface area contributed by atoms with Crippen molar-refractivity contribution in [2.75, 3.05) is 24.7 Å². The lowest BCUT2D eigenvalue weighted by Gasteiger charge is -2.08. The number of hydrogen-bond acceptors (Lipinski definition) is 7. The second-order valence-electron chi connectivity index (χ2n) is 4.65. The highest BCUT2D eigenvalue weighted by Crippen LogP contribution is 2.20. The van der Waals surface area contributed by atoms with E-state index in [4.69, 9.17) is 4.74 Å². The summed E-state index contributed by atoms with van der Waals surface area (Å²) in [5.41, 5.74) is -0.106. The summed E-state index contributed by atoms with van der Waals surface area (Å²) < 4.78 is 28.1. The summed E-state index contributed by atoms with van der Waals surface area (Å²) in [5, 5.41) is 13.7. The fourth-order valence-electron chi connectivity index (χ4n) is 1.80. The van der Waals surface area contributed by atoms with E-state index in [1.807, 2.05) is 0 Å². The second kappa shape index (κ2) is 7.05. The predicted octanol–water partition coefficient (Wildman–Crippen LogP) is 1.88. The Bertz CT molecular complexity index is 790. The first-order chi connectivity index (χ1) is 10.9. The lowest BCUT2D eigenvalue weighted by molar-refractivity contribution is -0.384. The number of benzene rings is 1. The highest BCUT2D eigenvalue weighted by atomic mass is 32.2. The van der Waals surface area contributed by atoms with Crippen LogP contribution in [0.3, 0.4) is 0 Å². The third kappa shape index (κ3) is 4.65. The number of aromatic nitrogens is 1. The van der Waals surface area contributed by atoms with Crippen LogP contribution < -0.4 is 10.1 Å². The van der Waals surface area contributed by atoms with E-state index in [0.717, 1.165) is 6.26 Å². The Kier molecular flexibility index (Phi) is 5.12. The van der Waals surface area contributed by atoms with Crippen molar-refractivity contribution in [1.29, 1.82) is 0 Å². The molecule has 0 unspecified atom stereocenters. The molecule has 23 heavy (non-hydrogen) atoms. The van der Waals surface area contributed by atoms with Gasteiger partial charge in [0.25, 0.3) is 0 Å². The average Bonchev–Trinajstić information content (AvgIpc) is 2.51. The van der Waals surface area contributed by atoms with Crippen LogP contribution in [0.25, 0.3) is 0 Å². The first-order valence-electron chi connectivity index (χ1n) is 6.64. The molecule has 0 amide bonds. The van der Waals surface area contributed by atoms with E-state index in [2.05, 4.69) is 10.3 Å². The smallest absolute Gasteiger partial charge is 0.311 e. The maximum Gasteiger partial charge on any atom is 0.311 e. The topological polar surface area (TPSA) is 111 Å². The van der Waals surface area contributed by atoms with Gasteiger partial charge in [-0.05, 0) is 30.3 Å². The molecule has 0 aliphatic rings. The molecule has 0 aliphatic heterocycles. The molecule has 1 heterocycles. The Balaban J connectivity index is 1.88. The van der Waals surface area contributed by atoms with Crippen LogP contribution in [0, 0.1) is 10.1 Å². The van der Waals surface area contributed by atoms with Gasteiger partial charge in [-0.1, -0.05) is 0 Å². The third-order valence-electron chi connectivity index (χ3n) is 2.90. The van der Waals surface area contributed by atoms with Crippen LogP contribution in [-0.2, 0) is 9.84 Å². The van der Waals surface area contributed by atoms with Crippen LogP contribution in [0.5, 0.6) is 5.75 Å². The molecule has 0 radical (unpaired) electrons. The Morgan fingerprint density at radius 3 is 2.57 bits per heavy atom. The highest BCUT2D eigenvalue weighted by Gasteiger charge is 2.13. The van der Waals surface area contributed by atoms with Crippen LogP contribution in [0.1, 0.15) is 0 Å². The lowest BCUT2D eigenvalue weighted by Crippen LogP contribution is -2.13. The molecule has 0 saturated heterocycles. The van der Waals surface area contributed by atoms with Crippen LogP contribution in [0.4, 0.5) is 11.5 Å². The summed E-state index contributed by atoms with van der Waals surface area (Å²) in [4.78, 5) is 14.4. The maximum absolute atomic E-state index is 11.3. The molecule has 8 nitrogen and oxygen atoms in total. The van der Waals surface area contributed by atoms with Gasteiger partial charge in [-0.3, -0.25) is 10.1 Å². The number of anilines is 1.